The van der Waals surface area contributed by atoms with Gasteiger partial charge in [0.1, 0.15) is 36.6 Å². The fourth-order valence-corrected chi connectivity index (χ4v) is 5.23. The van der Waals surface area contributed by atoms with Crippen LogP contribution in [0, 0.1) is 0 Å². The average molecular weight is 646 g/mol. The zero-order chi connectivity index (χ0) is 32.4. The van der Waals surface area contributed by atoms with Crippen LogP contribution in [0.2, 0.25) is 0 Å². The number of carbonyl (C=O) groups excluding carboxylic acids is 1. The van der Waals surface area contributed by atoms with E-state index in [4.69, 9.17) is 14.0 Å². The third-order valence-corrected chi connectivity index (χ3v) is 8.01. The van der Waals surface area contributed by atoms with Gasteiger partial charge < -0.3 is 45.4 Å². The van der Waals surface area contributed by atoms with Crippen molar-refractivity contribution in [2.45, 2.75) is 159 Å². The number of unbranched alkanes of at least 4 members (excludes halogenated alkanes) is 13. The molecule has 1 fully saturated rings. The Morgan fingerprint density at radius 2 is 1.30 bits per heavy atom. The molecule has 1 rings (SSSR count). The quantitative estimate of drug-likeness (QED) is 0.0534. The highest BCUT2D eigenvalue weighted by Gasteiger charge is 2.47. The van der Waals surface area contributed by atoms with Gasteiger partial charge in [-0.05, 0) is 13.3 Å². The maximum absolute atomic E-state index is 12.4. The lowest BCUT2D eigenvalue weighted by Gasteiger charge is -2.42. The lowest BCUT2D eigenvalue weighted by Crippen LogP contribution is -2.61. The van der Waals surface area contributed by atoms with Gasteiger partial charge in [-0.25, -0.2) is 4.18 Å². The largest absolute Gasteiger partial charge is 0.397 e. The van der Waals surface area contributed by atoms with Crippen LogP contribution < -0.4 is 5.32 Å². The topological polar surface area (TPSA) is 233 Å². The van der Waals surface area contributed by atoms with Crippen LogP contribution in [0.4, 0.5) is 0 Å². The number of hydrogen-bond acceptors (Lipinski definition) is 12. The van der Waals surface area contributed by atoms with Crippen LogP contribution in [-0.2, 0) is 28.9 Å². The molecule has 256 valence electrons. The third kappa shape index (κ3) is 16.2. The summed E-state index contributed by atoms with van der Waals surface area (Å²) in [4.78, 5) is 12.4. The van der Waals surface area contributed by atoms with E-state index < -0.39 is 78.0 Å². The molecule has 0 bridgehead atoms. The second-order valence-electron chi connectivity index (χ2n) is 11.4. The van der Waals surface area contributed by atoms with E-state index in [1.54, 1.807) is 0 Å². The molecule has 15 heteroatoms. The van der Waals surface area contributed by atoms with Crippen molar-refractivity contribution in [3.63, 3.8) is 0 Å². The number of rotatable bonds is 24. The van der Waals surface area contributed by atoms with E-state index in [1.807, 2.05) is 0 Å². The number of aliphatic hydroxyl groups excluding tert-OH is 6. The molecule has 0 radical (unpaired) electrons. The molecular weight excluding hydrogens is 590 g/mol. The molecule has 1 heterocycles. The Kier molecular flexibility index (Phi) is 20.2. The first-order chi connectivity index (χ1) is 20.3. The minimum atomic E-state index is -4.92. The van der Waals surface area contributed by atoms with Crippen LogP contribution in [0.25, 0.3) is 0 Å². The number of amides is 1. The molecule has 0 saturated carbocycles. The summed E-state index contributed by atoms with van der Waals surface area (Å²) in [6, 6.07) is 0. The van der Waals surface area contributed by atoms with Crippen molar-refractivity contribution in [2.75, 3.05) is 13.2 Å². The van der Waals surface area contributed by atoms with Crippen molar-refractivity contribution in [2.24, 2.45) is 0 Å². The van der Waals surface area contributed by atoms with Gasteiger partial charge in [0.25, 0.3) is 5.91 Å². The van der Waals surface area contributed by atoms with Gasteiger partial charge in [-0.2, -0.15) is 8.42 Å². The van der Waals surface area contributed by atoms with E-state index >= 15 is 0 Å². The fourth-order valence-electron chi connectivity index (χ4n) is 4.92. The number of carbonyl (C=O) groups is 1. The lowest BCUT2D eigenvalue weighted by molar-refractivity contribution is -0.324. The number of aliphatic hydroxyl groups is 6. The van der Waals surface area contributed by atoms with Gasteiger partial charge in [0.15, 0.2) is 12.4 Å². The van der Waals surface area contributed by atoms with Crippen molar-refractivity contribution in [1.29, 1.82) is 0 Å². The van der Waals surface area contributed by atoms with Crippen LogP contribution in [-0.4, -0.2) is 118 Å². The normalized spacial score (nSPS) is 25.7. The Morgan fingerprint density at radius 1 is 0.814 bits per heavy atom. The first kappa shape index (κ1) is 40.0. The van der Waals surface area contributed by atoms with Gasteiger partial charge >= 0.3 is 10.4 Å². The molecule has 43 heavy (non-hydrogen) atoms. The van der Waals surface area contributed by atoms with Crippen molar-refractivity contribution in [3.05, 3.63) is 0 Å². The highest BCUT2D eigenvalue weighted by molar-refractivity contribution is 7.80. The zero-order valence-corrected chi connectivity index (χ0v) is 26.3. The van der Waals surface area contributed by atoms with E-state index in [0.717, 1.165) is 19.3 Å². The van der Waals surface area contributed by atoms with Gasteiger partial charge in [0.2, 0.25) is 0 Å². The molecule has 1 saturated heterocycles. The van der Waals surface area contributed by atoms with Crippen LogP contribution in [0.1, 0.15) is 104 Å². The number of nitrogens with one attached hydrogen (secondary N) is 1. The molecule has 2 unspecified atom stereocenters. The Hall–Kier alpha value is -0.980. The predicted molar refractivity (Wildman–Crippen MR) is 156 cm³/mol. The number of ether oxygens (including phenoxy) is 2. The summed E-state index contributed by atoms with van der Waals surface area (Å²) >= 11 is 0. The van der Waals surface area contributed by atoms with Crippen LogP contribution >= 0.6 is 0 Å². The first-order valence-electron chi connectivity index (χ1n) is 15.6. The first-order valence-corrected chi connectivity index (χ1v) is 17.0. The summed E-state index contributed by atoms with van der Waals surface area (Å²) in [6.45, 7) is 2.70. The van der Waals surface area contributed by atoms with E-state index in [1.165, 1.54) is 71.1 Å². The van der Waals surface area contributed by atoms with E-state index in [2.05, 4.69) is 16.4 Å². The second kappa shape index (κ2) is 21.7. The molecule has 8 N–H and O–H groups in total. The van der Waals surface area contributed by atoms with Gasteiger partial charge in [-0.3, -0.25) is 9.35 Å². The van der Waals surface area contributed by atoms with E-state index in [-0.39, 0.29) is 6.54 Å². The van der Waals surface area contributed by atoms with E-state index in [0.29, 0.717) is 6.42 Å². The van der Waals surface area contributed by atoms with Crippen molar-refractivity contribution in [1.82, 2.24) is 5.32 Å². The molecule has 0 aromatic carbocycles. The molecule has 1 amide bonds. The highest BCUT2D eigenvalue weighted by atomic mass is 32.3. The molecule has 0 aliphatic carbocycles. The smallest absolute Gasteiger partial charge is 0.391 e. The standard InChI is InChI=1S/C28H55NO13S/c1-3-4-5-6-7-8-9-10-11-12-13-14-15-16-17-29-27(36)24(34)23(33)26(19(2)30)42-28-25(35)22(32)21(31)20(41-28)18-40-43(37,38)39/h19-26,28,30-35H,3-18H2,1-2H3,(H,29,36)(H,37,38,39)/t19-,20?,21+,22+,23-,24-,25?,26-,28+/m1/s1. The fraction of sp³-hybridized carbons (Fsp3) is 0.964. The summed E-state index contributed by atoms with van der Waals surface area (Å²) < 4.78 is 45.2. The molecule has 14 nitrogen and oxygen atoms in total. The Balaban J connectivity index is 2.39. The molecule has 9 atom stereocenters. The average Bonchev–Trinajstić information content (AvgIpc) is 2.95. The third-order valence-electron chi connectivity index (χ3n) is 7.57. The van der Waals surface area contributed by atoms with Gasteiger partial charge in [-0.1, -0.05) is 90.4 Å². The van der Waals surface area contributed by atoms with Gasteiger partial charge in [-0.15, -0.1) is 0 Å². The van der Waals surface area contributed by atoms with Crippen molar-refractivity contribution >= 4 is 16.3 Å². The maximum Gasteiger partial charge on any atom is 0.397 e. The molecular formula is C28H55NO13S. The van der Waals surface area contributed by atoms with Crippen molar-refractivity contribution in [3.8, 4) is 0 Å². The highest BCUT2D eigenvalue weighted by Crippen LogP contribution is 2.25. The Morgan fingerprint density at radius 3 is 1.77 bits per heavy atom. The van der Waals surface area contributed by atoms with Gasteiger partial charge in [0.05, 0.1) is 12.7 Å². The summed E-state index contributed by atoms with van der Waals surface area (Å²) in [6.07, 6.45) is 0.151. The van der Waals surface area contributed by atoms with Crippen LogP contribution in [0.5, 0.6) is 0 Å². The monoisotopic (exact) mass is 645 g/mol. The summed E-state index contributed by atoms with van der Waals surface area (Å²) in [5, 5.41) is 64.0. The Bertz CT molecular complexity index is 847. The molecule has 0 aromatic rings. The Labute approximate surface area is 255 Å². The molecule has 0 spiro atoms. The van der Waals surface area contributed by atoms with E-state index in [9.17, 15) is 43.9 Å². The van der Waals surface area contributed by atoms with Crippen LogP contribution in [0.3, 0.4) is 0 Å². The maximum atomic E-state index is 12.4. The zero-order valence-electron chi connectivity index (χ0n) is 25.5. The SMILES string of the molecule is CCCCCCCCCCCCCCCCNC(=O)[C@H](O)[C@@H](O)[C@H](O[C@@H]1OC(COS(=O)(=O)O)[C@H](O)[C@H](O)C1O)[C@@H](C)O. The summed E-state index contributed by atoms with van der Waals surface area (Å²) in [5.41, 5.74) is 0. The molecule has 0 aromatic heterocycles. The van der Waals surface area contributed by atoms with Gasteiger partial charge in [0, 0.05) is 6.54 Å². The lowest BCUT2D eigenvalue weighted by atomic mass is 9.98. The molecule has 1 aliphatic rings. The second-order valence-corrected chi connectivity index (χ2v) is 12.5. The summed E-state index contributed by atoms with van der Waals surface area (Å²) in [7, 11) is -4.92. The minimum Gasteiger partial charge on any atom is -0.391 e. The molecule has 1 aliphatic heterocycles. The minimum absolute atomic E-state index is 0.269. The van der Waals surface area contributed by atoms with Crippen LogP contribution in [0.15, 0.2) is 0 Å². The number of hydrogen-bond donors (Lipinski definition) is 8. The summed E-state index contributed by atoms with van der Waals surface area (Å²) in [5.74, 6) is -0.906. The predicted octanol–water partition coefficient (Wildman–Crippen LogP) is 0.699. The van der Waals surface area contributed by atoms with Crippen molar-refractivity contribution < 1.29 is 62.1 Å².